The summed E-state index contributed by atoms with van der Waals surface area (Å²) in [4.78, 5) is 19.4. The summed E-state index contributed by atoms with van der Waals surface area (Å²) in [5.74, 6) is -3.99. The Bertz CT molecular complexity index is 1090. The van der Waals surface area contributed by atoms with Crippen LogP contribution in [0.25, 0.3) is 0 Å². The average molecular weight is 513 g/mol. The lowest BCUT2D eigenvalue weighted by Crippen LogP contribution is -2.37. The van der Waals surface area contributed by atoms with Crippen molar-refractivity contribution < 1.29 is 37.2 Å². The molecule has 1 heterocycles. The van der Waals surface area contributed by atoms with Crippen LogP contribution in [0.3, 0.4) is 0 Å². The van der Waals surface area contributed by atoms with E-state index in [0.717, 1.165) is 12.1 Å². The molecule has 14 heteroatoms. The quantitative estimate of drug-likeness (QED) is 0.281. The molecular weight excluding hydrogens is 496 g/mol. The summed E-state index contributed by atoms with van der Waals surface area (Å²) in [5, 5.41) is 20.2. The molecule has 0 spiro atoms. The monoisotopic (exact) mass is 512 g/mol. The summed E-state index contributed by atoms with van der Waals surface area (Å²) >= 11 is 10.7. The fraction of sp³-hybridized carbons (Fsp3) is 0.368. The first-order valence-corrected chi connectivity index (χ1v) is 9.79. The maximum absolute atomic E-state index is 13.5. The van der Waals surface area contributed by atoms with Crippen molar-refractivity contribution >= 4 is 34.6 Å². The van der Waals surface area contributed by atoms with Gasteiger partial charge in [0, 0.05) is 24.3 Å². The van der Waals surface area contributed by atoms with Crippen molar-refractivity contribution in [2.24, 2.45) is 0 Å². The fourth-order valence-electron chi connectivity index (χ4n) is 2.71. The van der Waals surface area contributed by atoms with Gasteiger partial charge in [0.25, 0.3) is 0 Å². The van der Waals surface area contributed by atoms with E-state index in [4.69, 9.17) is 37.4 Å². The van der Waals surface area contributed by atoms with Gasteiger partial charge in [-0.25, -0.2) is 8.78 Å². The Balaban J connectivity index is 0.000000273. The van der Waals surface area contributed by atoms with Crippen LogP contribution in [0.15, 0.2) is 24.3 Å². The zero-order chi connectivity index (χ0) is 25.1. The van der Waals surface area contributed by atoms with E-state index in [1.165, 1.54) is 0 Å². The molecule has 0 radical (unpaired) electrons. The minimum absolute atomic E-state index is 0.0155. The molecule has 1 aliphatic rings. The number of hydrogen-bond donors (Lipinski definition) is 0. The van der Waals surface area contributed by atoms with Crippen molar-refractivity contribution in [3.8, 4) is 5.75 Å². The predicted molar refractivity (Wildman–Crippen MR) is 111 cm³/mol. The number of ether oxygens (including phenoxy) is 3. The second-order valence-corrected chi connectivity index (χ2v) is 8.31. The van der Waals surface area contributed by atoms with E-state index >= 15 is 0 Å². The third kappa shape index (κ3) is 6.90. The van der Waals surface area contributed by atoms with Crippen LogP contribution in [0, 0.1) is 37.7 Å². The SMILES string of the molecule is CC1(COc2cc(F)c(Cl)cc2[N+](=O)[O-])COC(C)(C)O1.O=[N+]([O-])c1cc(Cl)c(F)cc1F. The summed E-state index contributed by atoms with van der Waals surface area (Å²) in [6.45, 7) is 5.51. The van der Waals surface area contributed by atoms with Crippen molar-refractivity contribution in [2.75, 3.05) is 13.2 Å². The summed E-state index contributed by atoms with van der Waals surface area (Å²) in [6, 6.07) is 2.82. The van der Waals surface area contributed by atoms with Gasteiger partial charge >= 0.3 is 11.4 Å². The molecule has 1 unspecified atom stereocenters. The molecule has 1 aliphatic heterocycles. The number of nitro groups is 2. The normalized spacial score (nSPS) is 18.9. The molecule has 2 aromatic rings. The highest BCUT2D eigenvalue weighted by atomic mass is 35.5. The molecular formula is C19H17Cl2F3N2O7. The first kappa shape index (κ1) is 26.6. The first-order valence-electron chi connectivity index (χ1n) is 9.03. The molecule has 0 saturated carbocycles. The molecule has 1 fully saturated rings. The molecule has 0 amide bonds. The van der Waals surface area contributed by atoms with Crippen LogP contribution in [-0.2, 0) is 9.47 Å². The van der Waals surface area contributed by atoms with Crippen molar-refractivity contribution in [1.82, 2.24) is 0 Å². The minimum atomic E-state index is -1.23. The van der Waals surface area contributed by atoms with Gasteiger partial charge < -0.3 is 14.2 Å². The highest BCUT2D eigenvalue weighted by molar-refractivity contribution is 6.31. The molecule has 1 saturated heterocycles. The summed E-state index contributed by atoms with van der Waals surface area (Å²) < 4.78 is 54.9. The smallest absolute Gasteiger partial charge is 0.312 e. The number of halogens is 5. The van der Waals surface area contributed by atoms with Gasteiger partial charge in [0.15, 0.2) is 11.5 Å². The van der Waals surface area contributed by atoms with E-state index in [2.05, 4.69) is 0 Å². The van der Waals surface area contributed by atoms with Crippen molar-refractivity contribution in [2.45, 2.75) is 32.2 Å². The molecule has 0 aliphatic carbocycles. The lowest BCUT2D eigenvalue weighted by Gasteiger charge is -2.25. The largest absolute Gasteiger partial charge is 0.484 e. The number of nitrogens with zero attached hydrogens (tertiary/aromatic N) is 2. The summed E-state index contributed by atoms with van der Waals surface area (Å²) in [7, 11) is 0. The van der Waals surface area contributed by atoms with Crippen molar-refractivity contribution in [3.05, 3.63) is 72.0 Å². The van der Waals surface area contributed by atoms with Gasteiger partial charge in [0.1, 0.15) is 23.8 Å². The Morgan fingerprint density at radius 3 is 1.94 bits per heavy atom. The Morgan fingerprint density at radius 1 is 0.939 bits per heavy atom. The lowest BCUT2D eigenvalue weighted by atomic mass is 10.1. The zero-order valence-corrected chi connectivity index (χ0v) is 18.9. The Morgan fingerprint density at radius 2 is 1.45 bits per heavy atom. The third-order valence-electron chi connectivity index (χ3n) is 4.14. The van der Waals surface area contributed by atoms with Gasteiger partial charge in [-0.15, -0.1) is 0 Å². The summed E-state index contributed by atoms with van der Waals surface area (Å²) in [6.07, 6.45) is 0. The van der Waals surface area contributed by atoms with E-state index < -0.39 is 55.1 Å². The Hall–Kier alpha value is -2.67. The molecule has 3 rings (SSSR count). The van der Waals surface area contributed by atoms with Gasteiger partial charge in [-0.3, -0.25) is 20.2 Å². The molecule has 0 aromatic heterocycles. The molecule has 33 heavy (non-hydrogen) atoms. The van der Waals surface area contributed by atoms with E-state index in [1.807, 2.05) is 0 Å². The molecule has 2 aromatic carbocycles. The van der Waals surface area contributed by atoms with Gasteiger partial charge in [0.05, 0.1) is 26.5 Å². The van der Waals surface area contributed by atoms with Crippen LogP contribution in [0.5, 0.6) is 5.75 Å². The van der Waals surface area contributed by atoms with Crippen molar-refractivity contribution in [1.29, 1.82) is 0 Å². The number of hydrogen-bond acceptors (Lipinski definition) is 7. The average Bonchev–Trinajstić information content (AvgIpc) is 2.98. The van der Waals surface area contributed by atoms with E-state index in [1.54, 1.807) is 20.8 Å². The maximum Gasteiger partial charge on any atom is 0.312 e. The van der Waals surface area contributed by atoms with Crippen molar-refractivity contribution in [3.63, 3.8) is 0 Å². The van der Waals surface area contributed by atoms with Crippen LogP contribution >= 0.6 is 23.2 Å². The van der Waals surface area contributed by atoms with Crippen LogP contribution in [-0.4, -0.2) is 34.4 Å². The van der Waals surface area contributed by atoms with Crippen LogP contribution < -0.4 is 4.74 Å². The second-order valence-electron chi connectivity index (χ2n) is 7.50. The standard InChI is InChI=1S/C13H15ClFNO5.C6H2ClF2NO2/c1-12(2)20-7-13(3,21-12)6-19-11-5-9(15)8(14)4-10(11)16(17)18;7-3-1-6(10(11)12)5(9)2-4(3)8/h4-5H,6-7H2,1-3H3;1-2H. The number of benzene rings is 2. The van der Waals surface area contributed by atoms with Gasteiger partial charge in [-0.2, -0.15) is 4.39 Å². The highest BCUT2D eigenvalue weighted by Crippen LogP contribution is 2.35. The topological polar surface area (TPSA) is 114 Å². The minimum Gasteiger partial charge on any atom is -0.484 e. The fourth-order valence-corrected chi connectivity index (χ4v) is 3.02. The van der Waals surface area contributed by atoms with Gasteiger partial charge in [-0.05, 0) is 20.8 Å². The van der Waals surface area contributed by atoms with Gasteiger partial charge in [0.2, 0.25) is 5.82 Å². The van der Waals surface area contributed by atoms with E-state index in [-0.39, 0.29) is 24.0 Å². The zero-order valence-electron chi connectivity index (χ0n) is 17.4. The Kier molecular flexibility index (Phi) is 8.12. The van der Waals surface area contributed by atoms with Gasteiger partial charge in [-0.1, -0.05) is 23.2 Å². The number of nitro benzene ring substituents is 2. The second kappa shape index (κ2) is 10.1. The van der Waals surface area contributed by atoms with Crippen LogP contribution in [0.2, 0.25) is 10.0 Å². The number of rotatable bonds is 5. The predicted octanol–water partition coefficient (Wildman–Crippen LogP) is 5.83. The first-order chi connectivity index (χ1) is 15.1. The molecule has 9 nitrogen and oxygen atoms in total. The third-order valence-corrected chi connectivity index (χ3v) is 4.71. The lowest BCUT2D eigenvalue weighted by molar-refractivity contribution is -0.387. The van der Waals surface area contributed by atoms with E-state index in [9.17, 15) is 33.4 Å². The molecule has 1 atom stereocenters. The molecule has 180 valence electrons. The summed E-state index contributed by atoms with van der Waals surface area (Å²) in [5.41, 5.74) is -2.00. The van der Waals surface area contributed by atoms with E-state index in [0.29, 0.717) is 12.1 Å². The Labute approximate surface area is 195 Å². The maximum atomic E-state index is 13.5. The highest BCUT2D eigenvalue weighted by Gasteiger charge is 2.43. The van der Waals surface area contributed by atoms with Crippen LogP contribution in [0.4, 0.5) is 24.5 Å². The van der Waals surface area contributed by atoms with Crippen LogP contribution in [0.1, 0.15) is 20.8 Å². The molecule has 0 bridgehead atoms. The molecule has 0 N–H and O–H groups in total.